The Hall–Kier alpha value is -2.94. The first-order valence-electron chi connectivity index (χ1n) is 8.81. The molecule has 0 atom stereocenters. The summed E-state index contributed by atoms with van der Waals surface area (Å²) in [5.41, 5.74) is 2.38. The van der Waals surface area contributed by atoms with E-state index in [0.29, 0.717) is 50.3 Å². The Morgan fingerprint density at radius 3 is 2.03 bits per heavy atom. The molecule has 3 aromatic carbocycles. The third kappa shape index (κ3) is 3.54. The molecule has 7 nitrogen and oxygen atoms in total. The molecule has 0 saturated carbocycles. The molecular formula is C21H18ClNO6S. The molecule has 0 saturated heterocycles. The summed E-state index contributed by atoms with van der Waals surface area (Å²) in [5.74, 6) is 1.87. The van der Waals surface area contributed by atoms with Crippen molar-refractivity contribution in [1.29, 1.82) is 0 Å². The Kier molecular flexibility index (Phi) is 5.23. The second-order valence-corrected chi connectivity index (χ2v) is 8.39. The summed E-state index contributed by atoms with van der Waals surface area (Å²) in [5, 5.41) is 5.80. The first-order valence-corrected chi connectivity index (χ1v) is 10.7. The number of sulfonamides is 1. The number of hydrogen-bond acceptors (Lipinski definition) is 6. The summed E-state index contributed by atoms with van der Waals surface area (Å²) in [6.07, 6.45) is 0. The van der Waals surface area contributed by atoms with Gasteiger partial charge in [0.1, 0.15) is 16.5 Å². The van der Waals surface area contributed by atoms with Crippen LogP contribution in [0, 0.1) is 0 Å². The zero-order chi connectivity index (χ0) is 21.5. The number of methoxy groups -OCH3 is 2. The highest BCUT2D eigenvalue weighted by Crippen LogP contribution is 2.47. The summed E-state index contributed by atoms with van der Waals surface area (Å²) in [6, 6.07) is 13.5. The van der Waals surface area contributed by atoms with Gasteiger partial charge >= 0.3 is 0 Å². The average molecular weight is 448 g/mol. The van der Waals surface area contributed by atoms with E-state index in [1.54, 1.807) is 42.5 Å². The molecule has 0 spiro atoms. The van der Waals surface area contributed by atoms with Gasteiger partial charge < -0.3 is 18.9 Å². The lowest BCUT2D eigenvalue weighted by atomic mass is 9.93. The van der Waals surface area contributed by atoms with Crippen molar-refractivity contribution in [1.82, 2.24) is 0 Å². The lowest BCUT2D eigenvalue weighted by molar-refractivity contribution is 0.174. The fourth-order valence-corrected chi connectivity index (χ4v) is 4.38. The summed E-state index contributed by atoms with van der Waals surface area (Å²) >= 11 is 6.31. The Labute approximate surface area is 178 Å². The van der Waals surface area contributed by atoms with Crippen LogP contribution in [0.1, 0.15) is 0 Å². The third-order valence-corrected chi connectivity index (χ3v) is 6.09. The minimum absolute atomic E-state index is 0.00184. The minimum atomic E-state index is -3.97. The van der Waals surface area contributed by atoms with Crippen molar-refractivity contribution in [3.8, 4) is 45.3 Å². The molecule has 1 aliphatic heterocycles. The number of nitrogens with two attached hydrogens (primary N) is 1. The lowest BCUT2D eigenvalue weighted by Crippen LogP contribution is -2.13. The van der Waals surface area contributed by atoms with Crippen LogP contribution in [0.15, 0.2) is 53.4 Å². The van der Waals surface area contributed by atoms with Crippen LogP contribution >= 0.6 is 11.6 Å². The highest BCUT2D eigenvalue weighted by molar-refractivity contribution is 7.89. The van der Waals surface area contributed by atoms with Crippen LogP contribution < -0.4 is 24.1 Å². The minimum Gasteiger partial charge on any atom is -0.495 e. The average Bonchev–Trinajstić information content (AvgIpc) is 3.20. The van der Waals surface area contributed by atoms with Crippen LogP contribution in [-0.4, -0.2) is 29.4 Å². The molecule has 0 aliphatic carbocycles. The maximum absolute atomic E-state index is 12.2. The van der Waals surface area contributed by atoms with Gasteiger partial charge in [0.15, 0.2) is 11.5 Å². The van der Waals surface area contributed by atoms with E-state index in [2.05, 4.69) is 0 Å². The lowest BCUT2D eigenvalue weighted by Gasteiger charge is -2.17. The molecule has 0 aromatic heterocycles. The topological polar surface area (TPSA) is 97.1 Å². The maximum Gasteiger partial charge on any atom is 0.238 e. The quantitative estimate of drug-likeness (QED) is 0.633. The van der Waals surface area contributed by atoms with E-state index in [-0.39, 0.29) is 11.7 Å². The van der Waals surface area contributed by atoms with Crippen molar-refractivity contribution < 1.29 is 27.4 Å². The molecule has 0 amide bonds. The van der Waals surface area contributed by atoms with Crippen LogP contribution in [-0.2, 0) is 10.0 Å². The van der Waals surface area contributed by atoms with Crippen molar-refractivity contribution in [2.75, 3.05) is 21.0 Å². The monoisotopic (exact) mass is 447 g/mol. The smallest absolute Gasteiger partial charge is 0.238 e. The number of halogens is 1. The molecule has 0 bridgehead atoms. The zero-order valence-corrected chi connectivity index (χ0v) is 17.7. The van der Waals surface area contributed by atoms with E-state index in [1.807, 2.05) is 0 Å². The molecule has 1 heterocycles. The molecule has 0 unspecified atom stereocenters. The van der Waals surface area contributed by atoms with Crippen LogP contribution in [0.5, 0.6) is 23.0 Å². The fourth-order valence-electron chi connectivity index (χ4n) is 3.37. The molecule has 2 N–H and O–H groups in total. The molecule has 30 heavy (non-hydrogen) atoms. The van der Waals surface area contributed by atoms with E-state index >= 15 is 0 Å². The van der Waals surface area contributed by atoms with Gasteiger partial charge in [0.05, 0.1) is 19.1 Å². The Bertz CT molecular complexity index is 1220. The first-order chi connectivity index (χ1) is 14.3. The van der Waals surface area contributed by atoms with Crippen LogP contribution in [0.3, 0.4) is 0 Å². The molecule has 1 aliphatic rings. The van der Waals surface area contributed by atoms with E-state index in [1.165, 1.54) is 20.3 Å². The molecule has 0 fully saturated rings. The van der Waals surface area contributed by atoms with E-state index < -0.39 is 10.0 Å². The number of ether oxygens (including phenoxy) is 4. The SMILES string of the molecule is COc1cc(-c2cc3c(cc2-c2ccccc2S(N)(=O)=O)OCO3)cc(OC)c1Cl. The molecule has 9 heteroatoms. The molecular weight excluding hydrogens is 430 g/mol. The number of rotatable bonds is 5. The highest BCUT2D eigenvalue weighted by Gasteiger charge is 2.24. The van der Waals surface area contributed by atoms with Crippen molar-refractivity contribution >= 4 is 21.6 Å². The molecule has 4 rings (SSSR count). The van der Waals surface area contributed by atoms with Gasteiger partial charge in [-0.05, 0) is 47.0 Å². The van der Waals surface area contributed by atoms with Crippen molar-refractivity contribution in [3.05, 3.63) is 53.6 Å². The van der Waals surface area contributed by atoms with Crippen LogP contribution in [0.2, 0.25) is 5.02 Å². The van der Waals surface area contributed by atoms with E-state index in [4.69, 9.17) is 35.7 Å². The van der Waals surface area contributed by atoms with Gasteiger partial charge in [-0.2, -0.15) is 0 Å². The van der Waals surface area contributed by atoms with Crippen molar-refractivity contribution in [3.63, 3.8) is 0 Å². The third-order valence-electron chi connectivity index (χ3n) is 4.75. The number of fused-ring (bicyclic) bond motifs is 1. The summed E-state index contributed by atoms with van der Waals surface area (Å²) in [6.45, 7) is 0.0717. The van der Waals surface area contributed by atoms with E-state index in [0.717, 1.165) is 0 Å². The normalized spacial score (nSPS) is 12.7. The second kappa shape index (κ2) is 7.71. The standard InChI is InChI=1S/C21H18ClNO6S/c1-26-18-7-12(8-19(27-2)21(18)22)14-9-16-17(29-11-28-16)10-15(14)13-5-3-4-6-20(13)30(23,24)25/h3-10H,11H2,1-2H3,(H2,23,24,25). The molecule has 3 aromatic rings. The first kappa shape index (κ1) is 20.3. The Morgan fingerprint density at radius 1 is 0.900 bits per heavy atom. The number of primary sulfonamides is 1. The predicted octanol–water partition coefficient (Wildman–Crippen LogP) is 4.07. The highest BCUT2D eigenvalue weighted by atomic mass is 35.5. The zero-order valence-electron chi connectivity index (χ0n) is 16.1. The van der Waals surface area contributed by atoms with Gasteiger partial charge in [-0.15, -0.1) is 0 Å². The van der Waals surface area contributed by atoms with Gasteiger partial charge in [0.2, 0.25) is 16.8 Å². The van der Waals surface area contributed by atoms with Crippen LogP contribution in [0.25, 0.3) is 22.3 Å². The summed E-state index contributed by atoms with van der Waals surface area (Å²) < 4.78 is 46.2. The Morgan fingerprint density at radius 2 is 1.47 bits per heavy atom. The molecule has 156 valence electrons. The van der Waals surface area contributed by atoms with Gasteiger partial charge in [-0.25, -0.2) is 13.6 Å². The maximum atomic E-state index is 12.2. The summed E-state index contributed by atoms with van der Waals surface area (Å²) in [4.78, 5) is -0.00184. The van der Waals surface area contributed by atoms with Crippen molar-refractivity contribution in [2.45, 2.75) is 4.90 Å². The predicted molar refractivity (Wildman–Crippen MR) is 113 cm³/mol. The van der Waals surface area contributed by atoms with Gasteiger partial charge in [0, 0.05) is 5.56 Å². The largest absolute Gasteiger partial charge is 0.495 e. The number of benzene rings is 3. The van der Waals surface area contributed by atoms with E-state index in [9.17, 15) is 8.42 Å². The van der Waals surface area contributed by atoms with Crippen LogP contribution in [0.4, 0.5) is 0 Å². The Balaban J connectivity index is 2.05. The second-order valence-electron chi connectivity index (χ2n) is 6.49. The molecule has 0 radical (unpaired) electrons. The fraction of sp³-hybridized carbons (Fsp3) is 0.143. The van der Waals surface area contributed by atoms with Gasteiger partial charge in [0.25, 0.3) is 0 Å². The van der Waals surface area contributed by atoms with Crippen molar-refractivity contribution in [2.24, 2.45) is 5.14 Å². The number of hydrogen-bond donors (Lipinski definition) is 1. The summed E-state index contributed by atoms with van der Waals surface area (Å²) in [7, 11) is -0.967. The van der Waals surface area contributed by atoms with Gasteiger partial charge in [-0.1, -0.05) is 29.8 Å². The van der Waals surface area contributed by atoms with Gasteiger partial charge in [-0.3, -0.25) is 0 Å².